The first kappa shape index (κ1) is 15.9. The van der Waals surface area contributed by atoms with Crippen LogP contribution in [0.4, 0.5) is 4.39 Å². The highest BCUT2D eigenvalue weighted by Gasteiger charge is 2.19. The van der Waals surface area contributed by atoms with E-state index in [0.717, 1.165) is 36.0 Å². The Morgan fingerprint density at radius 1 is 1.39 bits per heavy atom. The van der Waals surface area contributed by atoms with Crippen LogP contribution >= 0.6 is 28.3 Å². The Morgan fingerprint density at radius 2 is 2.06 bits per heavy atom. The summed E-state index contributed by atoms with van der Waals surface area (Å²) in [6.45, 7) is 2.79. The molecule has 1 saturated heterocycles. The first-order valence-corrected chi connectivity index (χ1v) is 6.81. The first-order chi connectivity index (χ1) is 8.18. The summed E-state index contributed by atoms with van der Waals surface area (Å²) in [4.78, 5) is 2.25. The molecule has 18 heavy (non-hydrogen) atoms. The molecular formula is C13H19BrClFN2. The lowest BCUT2D eigenvalue weighted by Crippen LogP contribution is -2.40. The third-order valence-electron chi connectivity index (χ3n) is 3.40. The van der Waals surface area contributed by atoms with Gasteiger partial charge in [-0.3, -0.25) is 4.90 Å². The minimum atomic E-state index is -0.125. The number of rotatable bonds is 3. The van der Waals surface area contributed by atoms with Gasteiger partial charge in [-0.1, -0.05) is 22.0 Å². The zero-order valence-electron chi connectivity index (χ0n) is 10.5. The van der Waals surface area contributed by atoms with Gasteiger partial charge in [-0.2, -0.15) is 0 Å². The largest absolute Gasteiger partial charge is 0.317 e. The Balaban J connectivity index is 0.00000162. The topological polar surface area (TPSA) is 15.3 Å². The predicted molar refractivity (Wildman–Crippen MR) is 78.7 cm³/mol. The molecular weight excluding hydrogens is 319 g/mol. The second kappa shape index (κ2) is 7.43. The summed E-state index contributed by atoms with van der Waals surface area (Å²) in [7, 11) is 2.08. The molecule has 0 saturated carbocycles. The van der Waals surface area contributed by atoms with Gasteiger partial charge in [0.1, 0.15) is 5.82 Å². The summed E-state index contributed by atoms with van der Waals surface area (Å²) in [6, 6.07) is 5.71. The third-order valence-corrected chi connectivity index (χ3v) is 4.14. The molecule has 5 heteroatoms. The van der Waals surface area contributed by atoms with Gasteiger partial charge in [0, 0.05) is 22.6 Å². The minimum Gasteiger partial charge on any atom is -0.317 e. The van der Waals surface area contributed by atoms with E-state index in [4.69, 9.17) is 0 Å². The summed E-state index contributed by atoms with van der Waals surface area (Å²) in [5, 5.41) is 3.35. The Labute approximate surface area is 122 Å². The molecule has 0 bridgehead atoms. The van der Waals surface area contributed by atoms with Gasteiger partial charge in [-0.05, 0) is 45.1 Å². The molecule has 0 radical (unpaired) electrons. The van der Waals surface area contributed by atoms with Crippen molar-refractivity contribution in [3.8, 4) is 0 Å². The molecule has 2 rings (SSSR count). The average Bonchev–Trinajstić information content (AvgIpc) is 2.35. The Kier molecular flexibility index (Phi) is 6.57. The van der Waals surface area contributed by atoms with Crippen LogP contribution in [0, 0.1) is 5.82 Å². The maximum Gasteiger partial charge on any atom is 0.128 e. The predicted octanol–water partition coefficient (Wildman–Crippen LogP) is 3.19. The number of nitrogens with one attached hydrogen (secondary N) is 1. The maximum absolute atomic E-state index is 13.7. The number of halogens is 3. The van der Waals surface area contributed by atoms with E-state index in [1.807, 2.05) is 6.07 Å². The van der Waals surface area contributed by atoms with Crippen molar-refractivity contribution in [2.75, 3.05) is 20.1 Å². The smallest absolute Gasteiger partial charge is 0.128 e. The highest BCUT2D eigenvalue weighted by atomic mass is 79.9. The molecule has 1 heterocycles. The van der Waals surface area contributed by atoms with Crippen molar-refractivity contribution in [3.63, 3.8) is 0 Å². The molecule has 0 amide bonds. The van der Waals surface area contributed by atoms with Crippen molar-refractivity contribution >= 4 is 28.3 Å². The Hall–Kier alpha value is -0.160. The maximum atomic E-state index is 13.7. The Morgan fingerprint density at radius 3 is 2.67 bits per heavy atom. The molecule has 102 valence electrons. The van der Waals surface area contributed by atoms with Crippen molar-refractivity contribution in [3.05, 3.63) is 34.1 Å². The van der Waals surface area contributed by atoms with Crippen LogP contribution < -0.4 is 5.32 Å². The second-order valence-electron chi connectivity index (χ2n) is 4.60. The first-order valence-electron chi connectivity index (χ1n) is 6.02. The second-order valence-corrected chi connectivity index (χ2v) is 5.45. The highest BCUT2D eigenvalue weighted by molar-refractivity contribution is 9.10. The highest BCUT2D eigenvalue weighted by Crippen LogP contribution is 2.22. The fourth-order valence-electron chi connectivity index (χ4n) is 2.31. The molecule has 1 aromatic carbocycles. The zero-order chi connectivity index (χ0) is 12.3. The minimum absolute atomic E-state index is 0. The SMILES string of the molecule is CN(Cc1c(F)cccc1Br)C1CCNCC1.Cl. The lowest BCUT2D eigenvalue weighted by Gasteiger charge is -2.31. The summed E-state index contributed by atoms with van der Waals surface area (Å²) in [5.74, 6) is -0.125. The summed E-state index contributed by atoms with van der Waals surface area (Å²) < 4.78 is 14.6. The molecule has 1 N–H and O–H groups in total. The molecule has 0 unspecified atom stereocenters. The zero-order valence-corrected chi connectivity index (χ0v) is 12.9. The van der Waals surface area contributed by atoms with E-state index in [0.29, 0.717) is 12.6 Å². The van der Waals surface area contributed by atoms with Crippen LogP contribution in [-0.2, 0) is 6.54 Å². The lowest BCUT2D eigenvalue weighted by atomic mass is 10.0. The summed E-state index contributed by atoms with van der Waals surface area (Å²) in [5.41, 5.74) is 0.758. The lowest BCUT2D eigenvalue weighted by molar-refractivity contribution is 0.189. The van der Waals surface area contributed by atoms with Crippen molar-refractivity contribution in [2.45, 2.75) is 25.4 Å². The van der Waals surface area contributed by atoms with Gasteiger partial charge in [0.05, 0.1) is 0 Å². The van der Waals surface area contributed by atoms with Crippen LogP contribution in [0.5, 0.6) is 0 Å². The van der Waals surface area contributed by atoms with Crippen LogP contribution in [0.2, 0.25) is 0 Å². The quantitative estimate of drug-likeness (QED) is 0.911. The van der Waals surface area contributed by atoms with Crippen LogP contribution in [0.15, 0.2) is 22.7 Å². The van der Waals surface area contributed by atoms with E-state index in [1.165, 1.54) is 6.07 Å². The number of hydrogen-bond acceptors (Lipinski definition) is 2. The Bertz CT molecular complexity index is 363. The van der Waals surface area contributed by atoms with E-state index >= 15 is 0 Å². The molecule has 0 atom stereocenters. The van der Waals surface area contributed by atoms with Gasteiger partial charge in [-0.15, -0.1) is 12.4 Å². The van der Waals surface area contributed by atoms with Crippen molar-refractivity contribution in [1.29, 1.82) is 0 Å². The van der Waals surface area contributed by atoms with Gasteiger partial charge in [-0.25, -0.2) is 4.39 Å². The van der Waals surface area contributed by atoms with Crippen molar-refractivity contribution in [2.24, 2.45) is 0 Å². The number of piperidine rings is 1. The number of hydrogen-bond donors (Lipinski definition) is 1. The van der Waals surface area contributed by atoms with E-state index < -0.39 is 0 Å². The van der Waals surface area contributed by atoms with Crippen LogP contribution in [0.25, 0.3) is 0 Å². The molecule has 0 spiro atoms. The van der Waals surface area contributed by atoms with Crippen LogP contribution in [-0.4, -0.2) is 31.1 Å². The van der Waals surface area contributed by atoms with Gasteiger partial charge in [0.15, 0.2) is 0 Å². The average molecular weight is 338 g/mol. The van der Waals surface area contributed by atoms with Gasteiger partial charge >= 0.3 is 0 Å². The van der Waals surface area contributed by atoms with E-state index in [1.54, 1.807) is 6.07 Å². The normalized spacial score (nSPS) is 16.7. The molecule has 0 aliphatic carbocycles. The van der Waals surface area contributed by atoms with Crippen LogP contribution in [0.3, 0.4) is 0 Å². The molecule has 1 aromatic rings. The van der Waals surface area contributed by atoms with E-state index in [9.17, 15) is 4.39 Å². The standard InChI is InChI=1S/C13H18BrFN2.ClH/c1-17(10-5-7-16-8-6-10)9-11-12(14)3-2-4-13(11)15;/h2-4,10,16H,5-9H2,1H3;1H. The van der Waals surface area contributed by atoms with Crippen molar-refractivity contribution in [1.82, 2.24) is 10.2 Å². The summed E-state index contributed by atoms with van der Waals surface area (Å²) in [6.07, 6.45) is 2.28. The van der Waals surface area contributed by atoms with Gasteiger partial charge in [0.2, 0.25) is 0 Å². The molecule has 1 aliphatic rings. The van der Waals surface area contributed by atoms with Crippen molar-refractivity contribution < 1.29 is 4.39 Å². The number of nitrogens with zero attached hydrogens (tertiary/aromatic N) is 1. The van der Waals surface area contributed by atoms with Gasteiger partial charge < -0.3 is 5.32 Å². The fourth-order valence-corrected chi connectivity index (χ4v) is 2.78. The fraction of sp³-hybridized carbons (Fsp3) is 0.538. The summed E-state index contributed by atoms with van der Waals surface area (Å²) >= 11 is 3.42. The molecule has 1 aliphatic heterocycles. The number of benzene rings is 1. The van der Waals surface area contributed by atoms with Crippen LogP contribution in [0.1, 0.15) is 18.4 Å². The van der Waals surface area contributed by atoms with E-state index in [-0.39, 0.29) is 18.2 Å². The monoisotopic (exact) mass is 336 g/mol. The van der Waals surface area contributed by atoms with Gasteiger partial charge in [0.25, 0.3) is 0 Å². The molecule has 2 nitrogen and oxygen atoms in total. The molecule has 0 aromatic heterocycles. The third kappa shape index (κ3) is 3.92. The molecule has 1 fully saturated rings. The van der Waals surface area contributed by atoms with E-state index in [2.05, 4.69) is 33.2 Å².